The second kappa shape index (κ2) is 9.72. The van der Waals surface area contributed by atoms with Crippen LogP contribution < -0.4 is 10.6 Å². The first-order valence-corrected chi connectivity index (χ1v) is 10.9. The molecule has 7 nitrogen and oxygen atoms in total. The van der Waals surface area contributed by atoms with E-state index < -0.39 is 5.82 Å². The van der Waals surface area contributed by atoms with E-state index in [1.807, 2.05) is 20.2 Å². The van der Waals surface area contributed by atoms with Crippen molar-refractivity contribution >= 4 is 17.5 Å². The molecule has 1 saturated heterocycles. The Bertz CT molecular complexity index is 1030. The molecule has 1 aliphatic heterocycles. The second-order valence-corrected chi connectivity index (χ2v) is 8.44. The lowest BCUT2D eigenvalue weighted by molar-refractivity contribution is 0.425. The standard InChI is InChI=1S/C22H27ClFN7/c1-31(2)12-11-27-22-26-10-7-18(28-22)19-20(14-5-8-25-9-6-14)29-30-21(19)16-4-3-15(23)13-17(16)24/h3-4,7,10,13-14,25H,5-6,8-9,11-12H2,1-2H3,(H,29,30)(H,26,27,28). The molecule has 3 heterocycles. The number of hydrogen-bond donors (Lipinski definition) is 3. The van der Waals surface area contributed by atoms with Gasteiger partial charge in [0.1, 0.15) is 11.5 Å². The van der Waals surface area contributed by atoms with Crippen molar-refractivity contribution in [1.29, 1.82) is 0 Å². The maximum atomic E-state index is 14.8. The molecule has 9 heteroatoms. The lowest BCUT2D eigenvalue weighted by Gasteiger charge is -2.22. The van der Waals surface area contributed by atoms with E-state index in [1.54, 1.807) is 18.3 Å². The van der Waals surface area contributed by atoms with Crippen molar-refractivity contribution in [3.8, 4) is 22.5 Å². The number of anilines is 1. The summed E-state index contributed by atoms with van der Waals surface area (Å²) in [6.07, 6.45) is 3.69. The molecule has 3 N–H and O–H groups in total. The molecule has 0 aliphatic carbocycles. The summed E-state index contributed by atoms with van der Waals surface area (Å²) in [6.45, 7) is 3.46. The zero-order chi connectivity index (χ0) is 21.8. The molecular formula is C22H27ClFN7. The highest BCUT2D eigenvalue weighted by Crippen LogP contribution is 2.39. The van der Waals surface area contributed by atoms with Crippen LogP contribution in [-0.4, -0.2) is 65.3 Å². The van der Waals surface area contributed by atoms with Crippen LogP contribution in [0.4, 0.5) is 10.3 Å². The van der Waals surface area contributed by atoms with Crippen LogP contribution in [0.2, 0.25) is 5.02 Å². The van der Waals surface area contributed by atoms with Gasteiger partial charge in [-0.2, -0.15) is 5.10 Å². The summed E-state index contributed by atoms with van der Waals surface area (Å²) < 4.78 is 14.8. The van der Waals surface area contributed by atoms with E-state index >= 15 is 0 Å². The minimum atomic E-state index is -0.407. The van der Waals surface area contributed by atoms with Gasteiger partial charge in [-0.1, -0.05) is 11.6 Å². The van der Waals surface area contributed by atoms with Crippen molar-refractivity contribution < 1.29 is 4.39 Å². The third-order valence-corrected chi connectivity index (χ3v) is 5.72. The first-order chi connectivity index (χ1) is 15.0. The fourth-order valence-corrected chi connectivity index (χ4v) is 4.03. The molecule has 4 rings (SSSR count). The number of likely N-dealkylation sites (N-methyl/N-ethyl adjacent to an activating group) is 1. The molecule has 0 saturated carbocycles. The topological polar surface area (TPSA) is 81.8 Å². The maximum absolute atomic E-state index is 14.8. The Morgan fingerprint density at radius 2 is 2.03 bits per heavy atom. The van der Waals surface area contributed by atoms with E-state index in [-0.39, 0.29) is 0 Å². The quantitative estimate of drug-likeness (QED) is 0.515. The van der Waals surface area contributed by atoms with Crippen LogP contribution in [-0.2, 0) is 0 Å². The molecular weight excluding hydrogens is 417 g/mol. The van der Waals surface area contributed by atoms with Crippen molar-refractivity contribution in [2.24, 2.45) is 0 Å². The largest absolute Gasteiger partial charge is 0.353 e. The van der Waals surface area contributed by atoms with Gasteiger partial charge < -0.3 is 15.5 Å². The fourth-order valence-electron chi connectivity index (χ4n) is 3.87. The van der Waals surface area contributed by atoms with Crippen molar-refractivity contribution in [3.05, 3.63) is 47.0 Å². The van der Waals surface area contributed by atoms with Gasteiger partial charge in [-0.15, -0.1) is 0 Å². The predicted octanol–water partition coefficient (Wildman–Crippen LogP) is 3.77. The lowest BCUT2D eigenvalue weighted by Crippen LogP contribution is -2.27. The van der Waals surface area contributed by atoms with Crippen LogP contribution in [0.25, 0.3) is 22.5 Å². The van der Waals surface area contributed by atoms with Crippen LogP contribution in [0.15, 0.2) is 30.5 Å². The first kappa shape index (κ1) is 21.7. The van der Waals surface area contributed by atoms with E-state index in [9.17, 15) is 4.39 Å². The van der Waals surface area contributed by atoms with Crippen LogP contribution in [0, 0.1) is 5.82 Å². The number of aromatic nitrogens is 4. The molecule has 3 aromatic rings. The predicted molar refractivity (Wildman–Crippen MR) is 122 cm³/mol. The lowest BCUT2D eigenvalue weighted by atomic mass is 9.89. The van der Waals surface area contributed by atoms with Crippen molar-refractivity contribution in [3.63, 3.8) is 0 Å². The van der Waals surface area contributed by atoms with Gasteiger partial charge in [-0.05, 0) is 64.3 Å². The maximum Gasteiger partial charge on any atom is 0.223 e. The Balaban J connectivity index is 1.76. The first-order valence-electron chi connectivity index (χ1n) is 10.5. The van der Waals surface area contributed by atoms with E-state index in [4.69, 9.17) is 16.6 Å². The molecule has 0 amide bonds. The van der Waals surface area contributed by atoms with Gasteiger partial charge in [-0.3, -0.25) is 5.10 Å². The van der Waals surface area contributed by atoms with E-state index in [1.165, 1.54) is 6.07 Å². The van der Waals surface area contributed by atoms with Crippen molar-refractivity contribution in [2.75, 3.05) is 45.6 Å². The van der Waals surface area contributed by atoms with Gasteiger partial charge in [0.05, 0.1) is 5.69 Å². The number of piperidine rings is 1. The number of nitrogens with zero attached hydrogens (tertiary/aromatic N) is 4. The number of benzene rings is 1. The number of halogens is 2. The molecule has 31 heavy (non-hydrogen) atoms. The highest BCUT2D eigenvalue weighted by atomic mass is 35.5. The molecule has 164 valence electrons. The molecule has 0 unspecified atom stereocenters. The van der Waals surface area contributed by atoms with Crippen molar-refractivity contribution in [1.82, 2.24) is 30.4 Å². The van der Waals surface area contributed by atoms with Crippen LogP contribution >= 0.6 is 11.6 Å². The molecule has 0 spiro atoms. The highest BCUT2D eigenvalue weighted by Gasteiger charge is 2.26. The van der Waals surface area contributed by atoms with Crippen LogP contribution in [0.5, 0.6) is 0 Å². The Kier molecular flexibility index (Phi) is 6.80. The summed E-state index contributed by atoms with van der Waals surface area (Å²) in [6, 6.07) is 6.51. The highest BCUT2D eigenvalue weighted by molar-refractivity contribution is 6.30. The van der Waals surface area contributed by atoms with Gasteiger partial charge in [0, 0.05) is 47.0 Å². The summed E-state index contributed by atoms with van der Waals surface area (Å²) in [5.41, 5.74) is 3.47. The molecule has 1 aliphatic rings. The van der Waals surface area contributed by atoms with Crippen LogP contribution in [0.1, 0.15) is 24.5 Å². The number of rotatable bonds is 7. The summed E-state index contributed by atoms with van der Waals surface area (Å²) >= 11 is 5.97. The summed E-state index contributed by atoms with van der Waals surface area (Å²) in [5, 5.41) is 14.7. The van der Waals surface area contributed by atoms with Gasteiger partial charge >= 0.3 is 0 Å². The Morgan fingerprint density at radius 1 is 1.23 bits per heavy atom. The smallest absolute Gasteiger partial charge is 0.223 e. The van der Waals surface area contributed by atoms with E-state index in [0.717, 1.165) is 50.3 Å². The Hall–Kier alpha value is -2.55. The van der Waals surface area contributed by atoms with E-state index in [0.29, 0.717) is 33.8 Å². The third-order valence-electron chi connectivity index (χ3n) is 5.48. The fraction of sp³-hybridized carbons (Fsp3) is 0.409. The molecule has 1 fully saturated rings. The number of hydrogen-bond acceptors (Lipinski definition) is 6. The summed E-state index contributed by atoms with van der Waals surface area (Å²) in [7, 11) is 4.03. The zero-order valence-electron chi connectivity index (χ0n) is 17.8. The van der Waals surface area contributed by atoms with Crippen LogP contribution in [0.3, 0.4) is 0 Å². The normalized spacial score (nSPS) is 14.9. The SMILES string of the molecule is CN(C)CCNc1nccc(-c2c(-c3ccc(Cl)cc3F)n[nH]c2C2CCNCC2)n1. The monoisotopic (exact) mass is 443 g/mol. The summed E-state index contributed by atoms with van der Waals surface area (Å²) in [5.74, 6) is 0.433. The van der Waals surface area contributed by atoms with Crippen molar-refractivity contribution in [2.45, 2.75) is 18.8 Å². The molecule has 0 radical (unpaired) electrons. The Labute approximate surface area is 186 Å². The van der Waals surface area contributed by atoms with Gasteiger partial charge in [0.2, 0.25) is 5.95 Å². The third kappa shape index (κ3) is 5.03. The van der Waals surface area contributed by atoms with E-state index in [2.05, 4.69) is 30.7 Å². The number of aromatic amines is 1. The number of nitrogens with one attached hydrogen (secondary N) is 3. The molecule has 2 aromatic heterocycles. The van der Waals surface area contributed by atoms with Gasteiger partial charge in [-0.25, -0.2) is 14.4 Å². The van der Waals surface area contributed by atoms with Gasteiger partial charge in [0.15, 0.2) is 0 Å². The van der Waals surface area contributed by atoms with Gasteiger partial charge in [0.25, 0.3) is 0 Å². The zero-order valence-corrected chi connectivity index (χ0v) is 18.5. The second-order valence-electron chi connectivity index (χ2n) is 8.00. The summed E-state index contributed by atoms with van der Waals surface area (Å²) in [4.78, 5) is 11.2. The molecule has 0 atom stereocenters. The molecule has 1 aromatic carbocycles. The minimum absolute atomic E-state index is 0.299. The average Bonchev–Trinajstić information content (AvgIpc) is 3.19. The Morgan fingerprint density at radius 3 is 2.77 bits per heavy atom. The minimum Gasteiger partial charge on any atom is -0.353 e. The average molecular weight is 444 g/mol. The molecule has 0 bridgehead atoms. The number of H-pyrrole nitrogens is 1.